The minimum atomic E-state index is -4.04. The molecule has 1 aromatic rings. The number of carbonyl (C=O) groups excluding carboxylic acids is 1. The van der Waals surface area contributed by atoms with Gasteiger partial charge in [0.2, 0.25) is 10.0 Å². The fraction of sp³-hybridized carbons (Fsp3) is 0.429. The van der Waals surface area contributed by atoms with Gasteiger partial charge in [0.15, 0.2) is 0 Å². The van der Waals surface area contributed by atoms with Crippen molar-refractivity contribution in [3.05, 3.63) is 29.8 Å². The van der Waals surface area contributed by atoms with Gasteiger partial charge in [0.25, 0.3) is 0 Å². The standard InChI is InChI=1S/C14H19NO6S/c1-3-4-8-12(13(16)17)15-22(19,20)11-7-5-6-10(9-11)14(18)21-2/h5-7,9,12,15H,3-4,8H2,1-2H3,(H,16,17)/t12-/m0/s1. The average molecular weight is 329 g/mol. The van der Waals surface area contributed by atoms with E-state index >= 15 is 0 Å². The predicted octanol–water partition coefficient (Wildman–Crippen LogP) is 1.39. The van der Waals surface area contributed by atoms with Gasteiger partial charge in [0.1, 0.15) is 6.04 Å². The zero-order valence-corrected chi connectivity index (χ0v) is 13.2. The Morgan fingerprint density at radius 2 is 2.05 bits per heavy atom. The zero-order valence-electron chi connectivity index (χ0n) is 12.4. The number of aliphatic carboxylic acids is 1. The Bertz CT molecular complexity index is 640. The van der Waals surface area contributed by atoms with Crippen molar-refractivity contribution in [1.82, 2.24) is 4.72 Å². The molecule has 0 unspecified atom stereocenters. The maximum absolute atomic E-state index is 12.2. The van der Waals surface area contributed by atoms with E-state index in [1.807, 2.05) is 6.92 Å². The Hall–Kier alpha value is -1.93. The van der Waals surface area contributed by atoms with Crippen molar-refractivity contribution in [2.45, 2.75) is 37.1 Å². The van der Waals surface area contributed by atoms with E-state index < -0.39 is 28.0 Å². The van der Waals surface area contributed by atoms with E-state index in [1.165, 1.54) is 25.3 Å². The maximum atomic E-state index is 12.2. The van der Waals surface area contributed by atoms with Crippen molar-refractivity contribution < 1.29 is 27.9 Å². The van der Waals surface area contributed by atoms with Crippen LogP contribution in [-0.4, -0.2) is 38.6 Å². The lowest BCUT2D eigenvalue weighted by atomic mass is 10.1. The van der Waals surface area contributed by atoms with Gasteiger partial charge in [0.05, 0.1) is 17.6 Å². The SMILES string of the molecule is CCCC[C@H](NS(=O)(=O)c1cccc(C(=O)OC)c1)C(=O)O. The number of carboxylic acid groups (broad SMARTS) is 1. The van der Waals surface area contributed by atoms with Crippen LogP contribution in [0.1, 0.15) is 36.5 Å². The summed E-state index contributed by atoms with van der Waals surface area (Å²) >= 11 is 0. The van der Waals surface area contributed by atoms with Crippen LogP contribution in [0, 0.1) is 0 Å². The highest BCUT2D eigenvalue weighted by atomic mass is 32.2. The second kappa shape index (κ2) is 7.90. The van der Waals surface area contributed by atoms with E-state index in [1.54, 1.807) is 0 Å². The minimum absolute atomic E-state index is 0.0748. The Morgan fingerprint density at radius 3 is 2.59 bits per heavy atom. The smallest absolute Gasteiger partial charge is 0.337 e. The summed E-state index contributed by atoms with van der Waals surface area (Å²) in [5.74, 6) is -1.90. The first kappa shape index (κ1) is 18.1. The first-order valence-corrected chi connectivity index (χ1v) is 8.23. The van der Waals surface area contributed by atoms with Crippen LogP contribution in [0.15, 0.2) is 29.2 Å². The molecule has 0 aliphatic heterocycles. The minimum Gasteiger partial charge on any atom is -0.480 e. The van der Waals surface area contributed by atoms with Gasteiger partial charge in [-0.2, -0.15) is 4.72 Å². The van der Waals surface area contributed by atoms with Gasteiger partial charge < -0.3 is 9.84 Å². The number of nitrogens with one attached hydrogen (secondary N) is 1. The molecule has 0 aliphatic carbocycles. The molecule has 0 amide bonds. The molecule has 1 atom stereocenters. The van der Waals surface area contributed by atoms with Gasteiger partial charge in [-0.3, -0.25) is 4.79 Å². The van der Waals surface area contributed by atoms with Crippen LogP contribution in [-0.2, 0) is 19.6 Å². The molecule has 8 heteroatoms. The van der Waals surface area contributed by atoms with Crippen LogP contribution in [0.25, 0.3) is 0 Å². The topological polar surface area (TPSA) is 110 Å². The van der Waals surface area contributed by atoms with Gasteiger partial charge in [-0.1, -0.05) is 25.8 Å². The van der Waals surface area contributed by atoms with Crippen molar-refractivity contribution in [1.29, 1.82) is 0 Å². The van der Waals surface area contributed by atoms with E-state index in [-0.39, 0.29) is 16.9 Å². The molecular formula is C14H19NO6S. The summed E-state index contributed by atoms with van der Waals surface area (Å²) in [5.41, 5.74) is 0.0748. The number of ether oxygens (including phenoxy) is 1. The first-order valence-electron chi connectivity index (χ1n) is 6.75. The number of methoxy groups -OCH3 is 1. The monoisotopic (exact) mass is 329 g/mol. The van der Waals surface area contributed by atoms with E-state index in [9.17, 15) is 18.0 Å². The summed E-state index contributed by atoms with van der Waals surface area (Å²) in [6.45, 7) is 1.88. The summed E-state index contributed by atoms with van der Waals surface area (Å²) in [5, 5.41) is 9.09. The van der Waals surface area contributed by atoms with E-state index in [4.69, 9.17) is 5.11 Å². The van der Waals surface area contributed by atoms with E-state index in [2.05, 4.69) is 9.46 Å². The lowest BCUT2D eigenvalue weighted by Crippen LogP contribution is -2.40. The number of rotatable bonds is 8. The second-order valence-corrected chi connectivity index (χ2v) is 6.39. The summed E-state index contributed by atoms with van der Waals surface area (Å²) in [6.07, 6.45) is 1.53. The molecule has 0 saturated heterocycles. The third-order valence-corrected chi connectivity index (χ3v) is 4.48. The van der Waals surface area contributed by atoms with Gasteiger partial charge in [-0.15, -0.1) is 0 Å². The lowest BCUT2D eigenvalue weighted by molar-refractivity contribution is -0.139. The van der Waals surface area contributed by atoms with E-state index in [0.29, 0.717) is 6.42 Å². The van der Waals surface area contributed by atoms with Gasteiger partial charge in [-0.05, 0) is 24.6 Å². The lowest BCUT2D eigenvalue weighted by Gasteiger charge is -2.14. The first-order chi connectivity index (χ1) is 10.3. The fourth-order valence-corrected chi connectivity index (χ4v) is 3.07. The average Bonchev–Trinajstić information content (AvgIpc) is 2.50. The largest absolute Gasteiger partial charge is 0.480 e. The molecule has 122 valence electrons. The number of hydrogen-bond donors (Lipinski definition) is 2. The summed E-state index contributed by atoms with van der Waals surface area (Å²) in [4.78, 5) is 22.4. The Labute approximate surface area is 129 Å². The van der Waals surface area contributed by atoms with E-state index in [0.717, 1.165) is 12.5 Å². The molecule has 0 spiro atoms. The number of sulfonamides is 1. The quantitative estimate of drug-likeness (QED) is 0.698. The number of esters is 1. The Balaban J connectivity index is 3.02. The molecule has 0 aromatic heterocycles. The molecule has 0 radical (unpaired) electrons. The molecule has 0 fully saturated rings. The summed E-state index contributed by atoms with van der Waals surface area (Å²) in [7, 11) is -2.85. The number of carboxylic acids is 1. The van der Waals surface area contributed by atoms with Crippen molar-refractivity contribution in [2.75, 3.05) is 7.11 Å². The normalized spacial score (nSPS) is 12.6. The summed E-state index contributed by atoms with van der Waals surface area (Å²) < 4.78 is 31.2. The zero-order chi connectivity index (χ0) is 16.8. The molecule has 1 aromatic carbocycles. The number of hydrogen-bond acceptors (Lipinski definition) is 5. The van der Waals surface area contributed by atoms with Crippen LogP contribution >= 0.6 is 0 Å². The third-order valence-electron chi connectivity index (χ3n) is 3.01. The van der Waals surface area contributed by atoms with Crippen molar-refractivity contribution in [3.8, 4) is 0 Å². The molecule has 0 heterocycles. The van der Waals surface area contributed by atoms with Gasteiger partial charge >= 0.3 is 11.9 Å². The number of carbonyl (C=O) groups is 2. The fourth-order valence-electron chi connectivity index (χ4n) is 1.80. The van der Waals surface area contributed by atoms with Gasteiger partial charge in [0, 0.05) is 0 Å². The highest BCUT2D eigenvalue weighted by molar-refractivity contribution is 7.89. The van der Waals surface area contributed by atoms with Crippen molar-refractivity contribution in [3.63, 3.8) is 0 Å². The second-order valence-electron chi connectivity index (χ2n) is 4.67. The van der Waals surface area contributed by atoms with Gasteiger partial charge in [-0.25, -0.2) is 13.2 Å². The highest BCUT2D eigenvalue weighted by Crippen LogP contribution is 2.14. The van der Waals surface area contributed by atoms with Crippen LogP contribution < -0.4 is 4.72 Å². The molecule has 7 nitrogen and oxygen atoms in total. The molecule has 0 saturated carbocycles. The van der Waals surface area contributed by atoms with Crippen LogP contribution in [0.5, 0.6) is 0 Å². The molecule has 22 heavy (non-hydrogen) atoms. The highest BCUT2D eigenvalue weighted by Gasteiger charge is 2.25. The maximum Gasteiger partial charge on any atom is 0.337 e. The molecule has 0 aliphatic rings. The summed E-state index contributed by atoms with van der Waals surface area (Å²) in [6, 6.07) is 4.03. The number of benzene rings is 1. The molecular weight excluding hydrogens is 310 g/mol. The Morgan fingerprint density at radius 1 is 1.36 bits per heavy atom. The van der Waals surface area contributed by atoms with Crippen LogP contribution in [0.4, 0.5) is 0 Å². The molecule has 2 N–H and O–H groups in total. The van der Waals surface area contributed by atoms with Crippen molar-refractivity contribution in [2.24, 2.45) is 0 Å². The third kappa shape index (κ3) is 4.81. The van der Waals surface area contributed by atoms with Crippen molar-refractivity contribution >= 4 is 22.0 Å². The number of unbranched alkanes of at least 4 members (excludes halogenated alkanes) is 1. The Kier molecular flexibility index (Phi) is 6.51. The van der Waals surface area contributed by atoms with Crippen LogP contribution in [0.2, 0.25) is 0 Å². The predicted molar refractivity (Wildman–Crippen MR) is 79.1 cm³/mol. The molecule has 1 rings (SSSR count). The molecule has 0 bridgehead atoms. The van der Waals surface area contributed by atoms with Crippen LogP contribution in [0.3, 0.4) is 0 Å².